The minimum absolute atomic E-state index is 0.126. The SMILES string of the molecule is N#Cc1ccc(F)cc1C(=O)C1CC2COCC(C1)N2. The summed E-state index contributed by atoms with van der Waals surface area (Å²) in [5.41, 5.74) is 0.453. The molecular weight excluding hydrogens is 259 g/mol. The van der Waals surface area contributed by atoms with Gasteiger partial charge in [0, 0.05) is 23.6 Å². The summed E-state index contributed by atoms with van der Waals surface area (Å²) in [6, 6.07) is 6.07. The third-order valence-electron chi connectivity index (χ3n) is 3.99. The van der Waals surface area contributed by atoms with Crippen LogP contribution in [0.1, 0.15) is 28.8 Å². The van der Waals surface area contributed by atoms with Crippen molar-refractivity contribution in [1.82, 2.24) is 5.32 Å². The fourth-order valence-electron chi connectivity index (χ4n) is 3.09. The Hall–Kier alpha value is -1.77. The molecule has 1 aromatic carbocycles. The van der Waals surface area contributed by atoms with Crippen molar-refractivity contribution in [2.24, 2.45) is 5.92 Å². The van der Waals surface area contributed by atoms with E-state index in [1.54, 1.807) is 0 Å². The number of ketones is 1. The van der Waals surface area contributed by atoms with E-state index in [0.717, 1.165) is 0 Å². The summed E-state index contributed by atoms with van der Waals surface area (Å²) in [4.78, 5) is 12.6. The number of hydrogen-bond donors (Lipinski definition) is 1. The van der Waals surface area contributed by atoms with Crippen LogP contribution in [-0.4, -0.2) is 31.1 Å². The van der Waals surface area contributed by atoms with Gasteiger partial charge in [-0.15, -0.1) is 0 Å². The van der Waals surface area contributed by atoms with Crippen LogP contribution in [0.15, 0.2) is 18.2 Å². The monoisotopic (exact) mass is 274 g/mol. The Labute approximate surface area is 116 Å². The molecule has 2 aliphatic heterocycles. The van der Waals surface area contributed by atoms with Gasteiger partial charge in [0.05, 0.1) is 24.8 Å². The third-order valence-corrected chi connectivity index (χ3v) is 3.99. The largest absolute Gasteiger partial charge is 0.378 e. The van der Waals surface area contributed by atoms with Crippen molar-refractivity contribution in [3.63, 3.8) is 0 Å². The topological polar surface area (TPSA) is 62.1 Å². The van der Waals surface area contributed by atoms with E-state index in [1.165, 1.54) is 18.2 Å². The first-order valence-electron chi connectivity index (χ1n) is 6.75. The van der Waals surface area contributed by atoms with Crippen LogP contribution in [0.25, 0.3) is 0 Å². The molecule has 0 radical (unpaired) electrons. The molecule has 0 spiro atoms. The van der Waals surface area contributed by atoms with Gasteiger partial charge in [-0.05, 0) is 31.0 Å². The van der Waals surface area contributed by atoms with Crippen molar-refractivity contribution < 1.29 is 13.9 Å². The van der Waals surface area contributed by atoms with Crippen LogP contribution in [0.4, 0.5) is 4.39 Å². The van der Waals surface area contributed by atoms with E-state index in [0.29, 0.717) is 26.1 Å². The van der Waals surface area contributed by atoms with E-state index < -0.39 is 5.82 Å². The first-order chi connectivity index (χ1) is 9.67. The van der Waals surface area contributed by atoms with Gasteiger partial charge in [0.2, 0.25) is 0 Å². The second-order valence-corrected chi connectivity index (χ2v) is 5.43. The molecular formula is C15H15FN2O2. The number of fused-ring (bicyclic) bond motifs is 2. The quantitative estimate of drug-likeness (QED) is 0.833. The molecule has 104 valence electrons. The smallest absolute Gasteiger partial charge is 0.167 e. The maximum Gasteiger partial charge on any atom is 0.167 e. The van der Waals surface area contributed by atoms with Crippen LogP contribution in [0, 0.1) is 23.1 Å². The van der Waals surface area contributed by atoms with Gasteiger partial charge < -0.3 is 10.1 Å². The average Bonchev–Trinajstić information content (AvgIpc) is 2.46. The molecule has 2 fully saturated rings. The highest BCUT2D eigenvalue weighted by Crippen LogP contribution is 2.28. The average molecular weight is 274 g/mol. The Morgan fingerprint density at radius 2 is 2.05 bits per heavy atom. The molecule has 2 atom stereocenters. The number of carbonyl (C=O) groups is 1. The Kier molecular flexibility index (Phi) is 3.51. The highest BCUT2D eigenvalue weighted by atomic mass is 19.1. The van der Waals surface area contributed by atoms with Gasteiger partial charge in [-0.3, -0.25) is 4.79 Å². The van der Waals surface area contributed by atoms with E-state index in [4.69, 9.17) is 10.00 Å². The molecule has 0 amide bonds. The van der Waals surface area contributed by atoms with Gasteiger partial charge in [0.25, 0.3) is 0 Å². The molecule has 20 heavy (non-hydrogen) atoms. The zero-order chi connectivity index (χ0) is 14.1. The summed E-state index contributed by atoms with van der Waals surface area (Å²) in [5, 5.41) is 12.5. The number of rotatable bonds is 2. The van der Waals surface area contributed by atoms with Crippen LogP contribution in [-0.2, 0) is 4.74 Å². The molecule has 2 aliphatic rings. The molecule has 0 aromatic heterocycles. The summed E-state index contributed by atoms with van der Waals surface area (Å²) >= 11 is 0. The molecule has 1 aromatic rings. The normalized spacial score (nSPS) is 28.7. The highest BCUT2D eigenvalue weighted by Gasteiger charge is 2.36. The van der Waals surface area contributed by atoms with Crippen molar-refractivity contribution in [3.8, 4) is 6.07 Å². The Morgan fingerprint density at radius 1 is 1.35 bits per heavy atom. The van der Waals surface area contributed by atoms with Crippen molar-refractivity contribution in [2.75, 3.05) is 13.2 Å². The number of morpholine rings is 1. The van der Waals surface area contributed by atoms with Crippen LogP contribution in [0.2, 0.25) is 0 Å². The lowest BCUT2D eigenvalue weighted by molar-refractivity contribution is 0.00951. The number of hydrogen-bond acceptors (Lipinski definition) is 4. The van der Waals surface area contributed by atoms with E-state index >= 15 is 0 Å². The van der Waals surface area contributed by atoms with Gasteiger partial charge in [0.1, 0.15) is 5.82 Å². The Morgan fingerprint density at radius 3 is 2.70 bits per heavy atom. The highest BCUT2D eigenvalue weighted by molar-refractivity contribution is 6.00. The molecule has 2 saturated heterocycles. The molecule has 5 heteroatoms. The number of halogens is 1. The zero-order valence-electron chi connectivity index (χ0n) is 10.9. The first kappa shape index (κ1) is 13.2. The fourth-order valence-corrected chi connectivity index (χ4v) is 3.09. The summed E-state index contributed by atoms with van der Waals surface area (Å²) < 4.78 is 18.8. The number of piperidine rings is 1. The molecule has 4 nitrogen and oxygen atoms in total. The third kappa shape index (κ3) is 2.45. The molecule has 2 bridgehead atoms. The number of nitrogens with zero attached hydrogens (tertiary/aromatic N) is 1. The number of ether oxygens (including phenoxy) is 1. The number of benzene rings is 1. The Bertz CT molecular complexity index is 570. The lowest BCUT2D eigenvalue weighted by Gasteiger charge is -2.39. The summed E-state index contributed by atoms with van der Waals surface area (Å²) in [5.74, 6) is -0.770. The Balaban J connectivity index is 1.86. The van der Waals surface area contributed by atoms with E-state index in [2.05, 4.69) is 5.32 Å². The minimum atomic E-state index is -0.482. The van der Waals surface area contributed by atoms with Crippen LogP contribution < -0.4 is 5.32 Å². The van der Waals surface area contributed by atoms with Crippen molar-refractivity contribution in [3.05, 3.63) is 35.1 Å². The maximum absolute atomic E-state index is 13.3. The van der Waals surface area contributed by atoms with Gasteiger partial charge >= 0.3 is 0 Å². The standard InChI is InChI=1S/C15H15FN2O2/c16-11-2-1-9(6-17)14(5-11)15(19)10-3-12-7-20-8-13(4-10)18-12/h1-2,5,10,12-13,18H,3-4,7-8H2. The number of Topliss-reactive ketones (excluding diaryl/α,β-unsaturated/α-hetero) is 1. The first-order valence-corrected chi connectivity index (χ1v) is 6.75. The molecule has 0 saturated carbocycles. The van der Waals surface area contributed by atoms with Gasteiger partial charge in [-0.1, -0.05) is 0 Å². The van der Waals surface area contributed by atoms with Gasteiger partial charge in [-0.2, -0.15) is 5.26 Å². The van der Waals surface area contributed by atoms with Crippen LogP contribution in [0.3, 0.4) is 0 Å². The van der Waals surface area contributed by atoms with Crippen molar-refractivity contribution in [2.45, 2.75) is 24.9 Å². The summed E-state index contributed by atoms with van der Waals surface area (Å²) in [7, 11) is 0. The van der Waals surface area contributed by atoms with E-state index in [-0.39, 0.29) is 34.9 Å². The molecule has 2 unspecified atom stereocenters. The van der Waals surface area contributed by atoms with Crippen molar-refractivity contribution in [1.29, 1.82) is 5.26 Å². The second kappa shape index (κ2) is 5.31. The number of nitriles is 1. The van der Waals surface area contributed by atoms with E-state index in [1.807, 2.05) is 6.07 Å². The fraction of sp³-hybridized carbons (Fsp3) is 0.467. The summed E-state index contributed by atoms with van der Waals surface area (Å²) in [6.07, 6.45) is 1.35. The molecule has 2 heterocycles. The molecule has 1 N–H and O–H groups in total. The van der Waals surface area contributed by atoms with E-state index in [9.17, 15) is 9.18 Å². The number of nitrogens with one attached hydrogen (secondary N) is 1. The van der Waals surface area contributed by atoms with Gasteiger partial charge in [0.15, 0.2) is 5.78 Å². The van der Waals surface area contributed by atoms with Crippen molar-refractivity contribution >= 4 is 5.78 Å². The second-order valence-electron chi connectivity index (χ2n) is 5.43. The van der Waals surface area contributed by atoms with Crippen LogP contribution in [0.5, 0.6) is 0 Å². The molecule has 0 aliphatic carbocycles. The summed E-state index contributed by atoms with van der Waals surface area (Å²) in [6.45, 7) is 1.21. The zero-order valence-corrected chi connectivity index (χ0v) is 10.9. The minimum Gasteiger partial charge on any atom is -0.378 e. The number of carbonyl (C=O) groups excluding carboxylic acids is 1. The van der Waals surface area contributed by atoms with Crippen LogP contribution >= 0.6 is 0 Å². The molecule has 3 rings (SSSR count). The predicted octanol–water partition coefficient (Wildman–Crippen LogP) is 1.65. The van der Waals surface area contributed by atoms with Gasteiger partial charge in [-0.25, -0.2) is 4.39 Å². The maximum atomic E-state index is 13.3. The predicted molar refractivity (Wildman–Crippen MR) is 69.7 cm³/mol. The lowest BCUT2D eigenvalue weighted by Crippen LogP contribution is -2.55. The lowest BCUT2D eigenvalue weighted by atomic mass is 9.81.